The monoisotopic (exact) mass is 374 g/mol. The molecule has 0 fully saturated rings. The molecule has 2 N–H and O–H groups in total. The highest BCUT2D eigenvalue weighted by molar-refractivity contribution is 5.92. The zero-order chi connectivity index (χ0) is 20.0. The molecule has 0 aliphatic carbocycles. The van der Waals surface area contributed by atoms with Crippen LogP contribution in [-0.2, 0) is 14.3 Å². The highest BCUT2D eigenvalue weighted by Gasteiger charge is 2.30. The fourth-order valence-electron chi connectivity index (χ4n) is 2.91. The normalized spacial score (nSPS) is 12.9. The average Bonchev–Trinajstić information content (AvgIpc) is 2.93. The fourth-order valence-corrected chi connectivity index (χ4v) is 2.91. The van der Waals surface area contributed by atoms with Crippen molar-refractivity contribution in [2.24, 2.45) is 0 Å². The van der Waals surface area contributed by atoms with Crippen LogP contribution >= 0.6 is 0 Å². The van der Waals surface area contributed by atoms with Crippen LogP contribution in [0.15, 0.2) is 30.3 Å². The first-order chi connectivity index (χ1) is 12.8. The van der Waals surface area contributed by atoms with E-state index in [0.29, 0.717) is 5.69 Å². The molecule has 8 heteroatoms. The number of carbonyl (C=O) groups excluding carboxylic acids is 2. The van der Waals surface area contributed by atoms with E-state index in [1.54, 1.807) is 17.7 Å². The number of rotatable bonds is 7. The van der Waals surface area contributed by atoms with Crippen molar-refractivity contribution in [3.05, 3.63) is 41.7 Å². The Labute approximate surface area is 158 Å². The maximum Gasteiger partial charge on any atom is 0.319 e. The van der Waals surface area contributed by atoms with E-state index >= 15 is 0 Å². The third-order valence-electron chi connectivity index (χ3n) is 4.03. The van der Waals surface area contributed by atoms with Crippen molar-refractivity contribution in [3.8, 4) is 5.69 Å². The van der Waals surface area contributed by atoms with Crippen molar-refractivity contribution < 1.29 is 19.1 Å². The summed E-state index contributed by atoms with van der Waals surface area (Å²) in [6, 6.07) is 8.88. The van der Waals surface area contributed by atoms with Crippen LogP contribution in [0.5, 0.6) is 0 Å². The van der Waals surface area contributed by atoms with Crippen LogP contribution < -0.4 is 10.6 Å². The third kappa shape index (κ3) is 5.30. The lowest BCUT2D eigenvalue weighted by Gasteiger charge is -2.29. The molecular formula is C19H26N4O4. The number of aryl methyl sites for hydroxylation is 2. The van der Waals surface area contributed by atoms with Gasteiger partial charge in [-0.05, 0) is 39.0 Å². The van der Waals surface area contributed by atoms with E-state index in [2.05, 4.69) is 15.7 Å². The molecule has 0 aliphatic heterocycles. The van der Waals surface area contributed by atoms with Gasteiger partial charge in [0.1, 0.15) is 0 Å². The van der Waals surface area contributed by atoms with Crippen LogP contribution in [0.4, 0.5) is 10.5 Å². The number of nitrogens with one attached hydrogen (secondary N) is 2. The Morgan fingerprint density at radius 3 is 2.52 bits per heavy atom. The van der Waals surface area contributed by atoms with Crippen LogP contribution in [0.3, 0.4) is 0 Å². The Morgan fingerprint density at radius 2 is 1.93 bits per heavy atom. The number of amides is 2. The molecule has 1 aromatic heterocycles. The molecule has 2 aromatic rings. The number of anilines is 1. The average molecular weight is 374 g/mol. The summed E-state index contributed by atoms with van der Waals surface area (Å²) in [5.74, 6) is -0.433. The van der Waals surface area contributed by atoms with Crippen molar-refractivity contribution in [3.63, 3.8) is 0 Å². The first-order valence-corrected chi connectivity index (χ1v) is 8.55. The summed E-state index contributed by atoms with van der Waals surface area (Å²) in [6.45, 7) is 5.74. The molecule has 1 heterocycles. The fraction of sp³-hybridized carbons (Fsp3) is 0.421. The van der Waals surface area contributed by atoms with Crippen LogP contribution in [0, 0.1) is 13.8 Å². The van der Waals surface area contributed by atoms with Crippen molar-refractivity contribution in [2.45, 2.75) is 32.7 Å². The molecule has 0 unspecified atom stereocenters. The second-order valence-corrected chi connectivity index (χ2v) is 6.68. The van der Waals surface area contributed by atoms with Gasteiger partial charge >= 0.3 is 12.0 Å². The first kappa shape index (κ1) is 20.4. The molecule has 8 nitrogen and oxygen atoms in total. The molecular weight excluding hydrogens is 348 g/mol. The Balaban J connectivity index is 2.20. The lowest BCUT2D eigenvalue weighted by Crippen LogP contribution is -2.52. The predicted octanol–water partition coefficient (Wildman–Crippen LogP) is 2.58. The molecule has 2 rings (SSSR count). The molecule has 0 bridgehead atoms. The summed E-state index contributed by atoms with van der Waals surface area (Å²) < 4.78 is 11.6. The van der Waals surface area contributed by atoms with Crippen molar-refractivity contribution in [2.75, 3.05) is 26.1 Å². The van der Waals surface area contributed by atoms with Crippen LogP contribution in [0.25, 0.3) is 5.69 Å². The minimum Gasteiger partial charge on any atom is -0.469 e. The maximum atomic E-state index is 12.6. The van der Waals surface area contributed by atoms with E-state index in [1.165, 1.54) is 14.2 Å². The summed E-state index contributed by atoms with van der Waals surface area (Å²) in [4.78, 5) is 24.2. The number of para-hydroxylation sites is 2. The molecule has 0 saturated carbocycles. The summed E-state index contributed by atoms with van der Waals surface area (Å²) in [6.07, 6.45) is -0.0101. The molecule has 0 saturated heterocycles. The highest BCUT2D eigenvalue weighted by atomic mass is 16.5. The molecule has 0 radical (unpaired) electrons. The van der Waals surface area contributed by atoms with E-state index in [1.807, 2.05) is 38.1 Å². The molecule has 1 atom stereocenters. The summed E-state index contributed by atoms with van der Waals surface area (Å²) in [5, 5.41) is 10.1. The Kier molecular flexibility index (Phi) is 6.57. The van der Waals surface area contributed by atoms with Gasteiger partial charge < -0.3 is 20.1 Å². The second kappa shape index (κ2) is 8.68. The minimum atomic E-state index is -0.904. The summed E-state index contributed by atoms with van der Waals surface area (Å²) in [7, 11) is 2.81. The largest absolute Gasteiger partial charge is 0.469 e. The number of aromatic nitrogens is 2. The lowest BCUT2D eigenvalue weighted by molar-refractivity contribution is -0.142. The smallest absolute Gasteiger partial charge is 0.319 e. The van der Waals surface area contributed by atoms with Crippen LogP contribution in [0.1, 0.15) is 24.7 Å². The van der Waals surface area contributed by atoms with Gasteiger partial charge in [-0.15, -0.1) is 0 Å². The van der Waals surface area contributed by atoms with Gasteiger partial charge in [0.15, 0.2) is 0 Å². The number of benzene rings is 1. The van der Waals surface area contributed by atoms with Gasteiger partial charge in [-0.3, -0.25) is 4.79 Å². The molecule has 2 amide bonds. The molecule has 0 aliphatic rings. The van der Waals surface area contributed by atoms with Gasteiger partial charge in [0.2, 0.25) is 0 Å². The van der Waals surface area contributed by atoms with Crippen molar-refractivity contribution >= 4 is 17.7 Å². The zero-order valence-electron chi connectivity index (χ0n) is 16.3. The summed E-state index contributed by atoms with van der Waals surface area (Å²) in [5.41, 5.74) is 2.28. The SMILES string of the molecule is COC[C@](C)(CC(=O)OC)NC(=O)Nc1ccccc1-n1nc(C)cc1C. The quantitative estimate of drug-likeness (QED) is 0.727. The van der Waals surface area contributed by atoms with E-state index in [0.717, 1.165) is 17.1 Å². The number of hydrogen-bond acceptors (Lipinski definition) is 5. The van der Waals surface area contributed by atoms with E-state index < -0.39 is 17.5 Å². The number of methoxy groups -OCH3 is 2. The highest BCUT2D eigenvalue weighted by Crippen LogP contribution is 2.22. The van der Waals surface area contributed by atoms with Gasteiger partial charge in [-0.25, -0.2) is 9.48 Å². The van der Waals surface area contributed by atoms with Crippen molar-refractivity contribution in [1.82, 2.24) is 15.1 Å². The summed E-state index contributed by atoms with van der Waals surface area (Å²) >= 11 is 0. The number of ether oxygens (including phenoxy) is 2. The molecule has 0 spiro atoms. The number of urea groups is 1. The zero-order valence-corrected chi connectivity index (χ0v) is 16.3. The number of nitrogens with zero attached hydrogens (tertiary/aromatic N) is 2. The lowest BCUT2D eigenvalue weighted by atomic mass is 9.99. The van der Waals surface area contributed by atoms with Gasteiger partial charge in [0, 0.05) is 12.8 Å². The van der Waals surface area contributed by atoms with Crippen LogP contribution in [-0.4, -0.2) is 48.1 Å². The Morgan fingerprint density at radius 1 is 1.22 bits per heavy atom. The van der Waals surface area contributed by atoms with E-state index in [4.69, 9.17) is 9.47 Å². The number of esters is 1. The van der Waals surface area contributed by atoms with Crippen LogP contribution in [0.2, 0.25) is 0 Å². The number of hydrogen-bond donors (Lipinski definition) is 2. The third-order valence-corrected chi connectivity index (χ3v) is 4.03. The molecule has 1 aromatic carbocycles. The predicted molar refractivity (Wildman–Crippen MR) is 102 cm³/mol. The standard InChI is InChI=1S/C19H26N4O4/c1-13-10-14(2)23(22-13)16-9-7-6-8-15(16)20-18(25)21-19(3,12-26-4)11-17(24)27-5/h6-10H,11-12H2,1-5H3,(H2,20,21,25)/t19-/m0/s1. The number of carbonyl (C=O) groups is 2. The van der Waals surface area contributed by atoms with Gasteiger partial charge in [-0.1, -0.05) is 12.1 Å². The molecule has 27 heavy (non-hydrogen) atoms. The maximum absolute atomic E-state index is 12.6. The van der Waals surface area contributed by atoms with E-state index in [-0.39, 0.29) is 13.0 Å². The van der Waals surface area contributed by atoms with Gasteiger partial charge in [0.05, 0.1) is 42.7 Å². The van der Waals surface area contributed by atoms with Crippen molar-refractivity contribution in [1.29, 1.82) is 0 Å². The van der Waals surface area contributed by atoms with E-state index in [9.17, 15) is 9.59 Å². The Hall–Kier alpha value is -2.87. The first-order valence-electron chi connectivity index (χ1n) is 8.55. The second-order valence-electron chi connectivity index (χ2n) is 6.68. The topological polar surface area (TPSA) is 94.5 Å². The minimum absolute atomic E-state index is 0.0101. The van der Waals surface area contributed by atoms with Gasteiger partial charge in [0.25, 0.3) is 0 Å². The molecule has 146 valence electrons. The van der Waals surface area contributed by atoms with Gasteiger partial charge in [-0.2, -0.15) is 5.10 Å². The Bertz CT molecular complexity index is 818.